The van der Waals surface area contributed by atoms with Crippen LogP contribution in [-0.4, -0.2) is 28.6 Å². The summed E-state index contributed by atoms with van der Waals surface area (Å²) in [5.74, 6) is 1.20. The summed E-state index contributed by atoms with van der Waals surface area (Å²) in [4.78, 5) is 14.3. The lowest BCUT2D eigenvalue weighted by Gasteiger charge is -2.23. The van der Waals surface area contributed by atoms with E-state index in [1.54, 1.807) is 19.5 Å². The minimum Gasteiger partial charge on any atom is -0.490 e. The highest BCUT2D eigenvalue weighted by atomic mass is 35.5. The summed E-state index contributed by atoms with van der Waals surface area (Å²) in [7, 11) is 1.56. The standard InChI is InChI=1S/C13H15ClN4O/c1-3-18(8-10-4-6-15-7-5-10)13-11(19-2)12(14)16-9-17-13/h4-7,9H,3,8H2,1-2H3. The molecule has 100 valence electrons. The van der Waals surface area contributed by atoms with Gasteiger partial charge in [-0.1, -0.05) is 11.6 Å². The normalized spacial score (nSPS) is 10.3. The molecular formula is C13H15ClN4O. The molecule has 2 rings (SSSR count). The van der Waals surface area contributed by atoms with Crippen LogP contribution in [0.5, 0.6) is 5.75 Å². The minimum atomic E-state index is 0.320. The van der Waals surface area contributed by atoms with Gasteiger partial charge in [0.05, 0.1) is 7.11 Å². The summed E-state index contributed by atoms with van der Waals surface area (Å²) in [6.07, 6.45) is 4.98. The third kappa shape index (κ3) is 3.12. The van der Waals surface area contributed by atoms with Crippen molar-refractivity contribution in [3.8, 4) is 5.75 Å². The molecule has 0 fully saturated rings. The van der Waals surface area contributed by atoms with Gasteiger partial charge in [0.25, 0.3) is 0 Å². The van der Waals surface area contributed by atoms with Crippen LogP contribution < -0.4 is 9.64 Å². The van der Waals surface area contributed by atoms with Crippen molar-refractivity contribution in [2.45, 2.75) is 13.5 Å². The van der Waals surface area contributed by atoms with Gasteiger partial charge in [-0.05, 0) is 24.6 Å². The first-order valence-electron chi connectivity index (χ1n) is 5.94. The van der Waals surface area contributed by atoms with Gasteiger partial charge >= 0.3 is 0 Å². The quantitative estimate of drug-likeness (QED) is 0.787. The molecule has 0 N–H and O–H groups in total. The molecular weight excluding hydrogens is 264 g/mol. The second-order valence-electron chi connectivity index (χ2n) is 3.89. The van der Waals surface area contributed by atoms with E-state index >= 15 is 0 Å². The van der Waals surface area contributed by atoms with Crippen LogP contribution in [0.4, 0.5) is 5.82 Å². The van der Waals surface area contributed by atoms with Crippen LogP contribution in [0.25, 0.3) is 0 Å². The van der Waals surface area contributed by atoms with Crippen molar-refractivity contribution in [3.05, 3.63) is 41.6 Å². The molecule has 0 aliphatic rings. The van der Waals surface area contributed by atoms with Crippen molar-refractivity contribution in [2.75, 3.05) is 18.6 Å². The Morgan fingerprint density at radius 2 is 2.00 bits per heavy atom. The Hall–Kier alpha value is -1.88. The highest BCUT2D eigenvalue weighted by molar-refractivity contribution is 6.31. The second kappa shape index (κ2) is 6.33. The first-order valence-corrected chi connectivity index (χ1v) is 6.32. The smallest absolute Gasteiger partial charge is 0.199 e. The molecule has 2 aromatic rings. The molecule has 5 nitrogen and oxygen atoms in total. The van der Waals surface area contributed by atoms with Crippen molar-refractivity contribution < 1.29 is 4.74 Å². The molecule has 0 bridgehead atoms. The first kappa shape index (κ1) is 13.5. The maximum atomic E-state index is 6.02. The summed E-state index contributed by atoms with van der Waals surface area (Å²) in [6, 6.07) is 3.94. The average molecular weight is 279 g/mol. The number of nitrogens with zero attached hydrogens (tertiary/aromatic N) is 4. The Morgan fingerprint density at radius 1 is 1.26 bits per heavy atom. The number of ether oxygens (including phenoxy) is 1. The number of pyridine rings is 1. The molecule has 0 radical (unpaired) electrons. The molecule has 19 heavy (non-hydrogen) atoms. The molecule has 0 aliphatic heterocycles. The van der Waals surface area contributed by atoms with Crippen LogP contribution in [0.1, 0.15) is 12.5 Å². The predicted molar refractivity (Wildman–Crippen MR) is 74.6 cm³/mol. The molecule has 6 heteroatoms. The molecule has 0 spiro atoms. The predicted octanol–water partition coefficient (Wildman–Crippen LogP) is 2.56. The van der Waals surface area contributed by atoms with E-state index in [4.69, 9.17) is 16.3 Å². The number of methoxy groups -OCH3 is 1. The monoisotopic (exact) mass is 278 g/mol. The topological polar surface area (TPSA) is 51.1 Å². The van der Waals surface area contributed by atoms with Gasteiger partial charge in [0.15, 0.2) is 16.7 Å². The van der Waals surface area contributed by atoms with E-state index in [0.717, 1.165) is 12.1 Å². The van der Waals surface area contributed by atoms with E-state index in [-0.39, 0.29) is 0 Å². The summed E-state index contributed by atoms with van der Waals surface area (Å²) in [5, 5.41) is 0.320. The number of hydrogen-bond donors (Lipinski definition) is 0. The van der Waals surface area contributed by atoms with Gasteiger partial charge in [0.1, 0.15) is 6.33 Å². The molecule has 0 saturated heterocycles. The number of hydrogen-bond acceptors (Lipinski definition) is 5. The number of aromatic nitrogens is 3. The number of anilines is 1. The summed E-state index contributed by atoms with van der Waals surface area (Å²) >= 11 is 6.02. The van der Waals surface area contributed by atoms with Crippen molar-refractivity contribution in [1.82, 2.24) is 15.0 Å². The fraction of sp³-hybridized carbons (Fsp3) is 0.308. The summed E-state index contributed by atoms with van der Waals surface area (Å²) in [5.41, 5.74) is 1.15. The van der Waals surface area contributed by atoms with E-state index < -0.39 is 0 Å². The van der Waals surface area contributed by atoms with Crippen LogP contribution in [0.3, 0.4) is 0 Å². The van der Waals surface area contributed by atoms with E-state index in [1.807, 2.05) is 12.1 Å². The van der Waals surface area contributed by atoms with E-state index in [0.29, 0.717) is 23.3 Å². The molecule has 2 heterocycles. The van der Waals surface area contributed by atoms with Crippen LogP contribution >= 0.6 is 11.6 Å². The molecule has 2 aromatic heterocycles. The Balaban J connectivity index is 2.30. The van der Waals surface area contributed by atoms with Gasteiger partial charge < -0.3 is 9.64 Å². The van der Waals surface area contributed by atoms with Crippen molar-refractivity contribution >= 4 is 17.4 Å². The fourth-order valence-corrected chi connectivity index (χ4v) is 1.99. The third-order valence-corrected chi connectivity index (χ3v) is 3.02. The third-order valence-electron chi connectivity index (χ3n) is 2.75. The average Bonchev–Trinajstić information content (AvgIpc) is 2.45. The Morgan fingerprint density at radius 3 is 2.63 bits per heavy atom. The van der Waals surface area contributed by atoms with Crippen LogP contribution in [0, 0.1) is 0 Å². The Kier molecular flexibility index (Phi) is 4.52. The van der Waals surface area contributed by atoms with E-state index in [2.05, 4.69) is 26.8 Å². The minimum absolute atomic E-state index is 0.320. The van der Waals surface area contributed by atoms with Gasteiger partial charge in [0.2, 0.25) is 0 Å². The molecule has 0 saturated carbocycles. The largest absolute Gasteiger partial charge is 0.490 e. The lowest BCUT2D eigenvalue weighted by molar-refractivity contribution is 0.410. The zero-order chi connectivity index (χ0) is 13.7. The van der Waals surface area contributed by atoms with Crippen LogP contribution in [0.15, 0.2) is 30.9 Å². The molecule has 0 aliphatic carbocycles. The van der Waals surface area contributed by atoms with Gasteiger partial charge in [0, 0.05) is 25.5 Å². The van der Waals surface area contributed by atoms with Crippen molar-refractivity contribution in [2.24, 2.45) is 0 Å². The van der Waals surface area contributed by atoms with Gasteiger partial charge in [-0.3, -0.25) is 4.98 Å². The summed E-state index contributed by atoms with van der Waals surface area (Å²) < 4.78 is 5.29. The van der Waals surface area contributed by atoms with Crippen molar-refractivity contribution in [3.63, 3.8) is 0 Å². The lowest BCUT2D eigenvalue weighted by Crippen LogP contribution is -2.24. The van der Waals surface area contributed by atoms with Gasteiger partial charge in [-0.15, -0.1) is 0 Å². The van der Waals surface area contributed by atoms with Gasteiger partial charge in [-0.2, -0.15) is 0 Å². The maximum absolute atomic E-state index is 6.02. The van der Waals surface area contributed by atoms with E-state index in [1.165, 1.54) is 6.33 Å². The first-order chi connectivity index (χ1) is 9.26. The number of halogens is 1. The molecule has 0 aromatic carbocycles. The Labute approximate surface area is 117 Å². The lowest BCUT2D eigenvalue weighted by atomic mass is 10.2. The Bertz CT molecular complexity index is 535. The SMILES string of the molecule is CCN(Cc1ccncc1)c1ncnc(Cl)c1OC. The summed E-state index contributed by atoms with van der Waals surface area (Å²) in [6.45, 7) is 3.55. The van der Waals surface area contributed by atoms with E-state index in [9.17, 15) is 0 Å². The fourth-order valence-electron chi connectivity index (χ4n) is 1.79. The zero-order valence-electron chi connectivity index (χ0n) is 10.9. The highest BCUT2D eigenvalue weighted by Crippen LogP contribution is 2.31. The van der Waals surface area contributed by atoms with Gasteiger partial charge in [-0.25, -0.2) is 9.97 Å². The molecule has 0 atom stereocenters. The zero-order valence-corrected chi connectivity index (χ0v) is 11.6. The molecule has 0 unspecified atom stereocenters. The highest BCUT2D eigenvalue weighted by Gasteiger charge is 2.16. The van der Waals surface area contributed by atoms with Crippen LogP contribution in [0.2, 0.25) is 5.15 Å². The van der Waals surface area contributed by atoms with Crippen LogP contribution in [-0.2, 0) is 6.54 Å². The number of rotatable bonds is 5. The second-order valence-corrected chi connectivity index (χ2v) is 4.25. The maximum Gasteiger partial charge on any atom is 0.199 e. The van der Waals surface area contributed by atoms with Crippen molar-refractivity contribution in [1.29, 1.82) is 0 Å². The molecule has 0 amide bonds.